The molecule has 0 aliphatic heterocycles. The monoisotopic (exact) mass is 302 g/mol. The molecule has 1 aromatic rings. The van der Waals surface area contributed by atoms with Crippen LogP contribution in [0.5, 0.6) is 0 Å². The number of carbonyl (C=O) groups is 2. The van der Waals surface area contributed by atoms with Gasteiger partial charge in [-0.05, 0) is 18.6 Å². The summed E-state index contributed by atoms with van der Waals surface area (Å²) in [5.74, 6) is -0.398. The molecule has 0 spiro atoms. The lowest BCUT2D eigenvalue weighted by atomic mass is 10.3. The third-order valence-corrected chi connectivity index (χ3v) is 3.13. The SMILES string of the molecule is CCCC(=O)N(C)CC(=O)Nc1c(Cl)cccc1Cl. The Kier molecular flexibility index (Phi) is 6.12. The number of nitrogens with zero attached hydrogens (tertiary/aromatic N) is 1. The highest BCUT2D eigenvalue weighted by Gasteiger charge is 2.14. The third kappa shape index (κ3) is 4.73. The van der Waals surface area contributed by atoms with Gasteiger partial charge in [0, 0.05) is 13.5 Å². The van der Waals surface area contributed by atoms with Crippen molar-refractivity contribution >= 4 is 40.7 Å². The summed E-state index contributed by atoms with van der Waals surface area (Å²) >= 11 is 11.9. The number of amides is 2. The molecular weight excluding hydrogens is 287 g/mol. The molecule has 0 atom stereocenters. The summed E-state index contributed by atoms with van der Waals surface area (Å²) in [7, 11) is 1.59. The van der Waals surface area contributed by atoms with Crippen molar-refractivity contribution in [2.24, 2.45) is 0 Å². The van der Waals surface area contributed by atoms with Crippen molar-refractivity contribution in [1.29, 1.82) is 0 Å². The van der Waals surface area contributed by atoms with E-state index in [9.17, 15) is 9.59 Å². The van der Waals surface area contributed by atoms with Gasteiger partial charge in [0.05, 0.1) is 22.3 Å². The van der Waals surface area contributed by atoms with Crippen LogP contribution < -0.4 is 5.32 Å². The maximum absolute atomic E-state index is 11.8. The fourth-order valence-corrected chi connectivity index (χ4v) is 2.00. The highest BCUT2D eigenvalue weighted by atomic mass is 35.5. The second-order valence-corrected chi connectivity index (χ2v) is 4.96. The highest BCUT2D eigenvalue weighted by Crippen LogP contribution is 2.29. The van der Waals surface area contributed by atoms with Crippen molar-refractivity contribution in [1.82, 2.24) is 4.90 Å². The average Bonchev–Trinajstić information content (AvgIpc) is 2.34. The Hall–Kier alpha value is -1.26. The van der Waals surface area contributed by atoms with E-state index in [4.69, 9.17) is 23.2 Å². The van der Waals surface area contributed by atoms with Crippen LogP contribution in [0.15, 0.2) is 18.2 Å². The number of hydrogen-bond acceptors (Lipinski definition) is 2. The van der Waals surface area contributed by atoms with Crippen LogP contribution in [-0.4, -0.2) is 30.3 Å². The summed E-state index contributed by atoms with van der Waals surface area (Å²) in [4.78, 5) is 24.8. The van der Waals surface area contributed by atoms with Gasteiger partial charge in [0.15, 0.2) is 0 Å². The first-order valence-corrected chi connectivity index (χ1v) is 6.69. The van der Waals surface area contributed by atoms with Crippen LogP contribution in [0, 0.1) is 0 Å². The van der Waals surface area contributed by atoms with E-state index in [0.717, 1.165) is 6.42 Å². The Bertz CT molecular complexity index is 457. The molecular formula is C13H16Cl2N2O2. The summed E-state index contributed by atoms with van der Waals surface area (Å²) < 4.78 is 0. The number of anilines is 1. The maximum atomic E-state index is 11.8. The lowest BCUT2D eigenvalue weighted by Gasteiger charge is -2.17. The molecule has 0 saturated carbocycles. The Balaban J connectivity index is 2.63. The van der Waals surface area contributed by atoms with E-state index >= 15 is 0 Å². The summed E-state index contributed by atoms with van der Waals surface area (Å²) in [6, 6.07) is 4.96. The zero-order valence-corrected chi connectivity index (χ0v) is 12.4. The molecule has 0 aliphatic rings. The smallest absolute Gasteiger partial charge is 0.244 e. The molecule has 2 amide bonds. The van der Waals surface area contributed by atoms with Crippen LogP contribution in [0.1, 0.15) is 19.8 Å². The first-order chi connectivity index (χ1) is 8.95. The molecule has 0 aromatic heterocycles. The van der Waals surface area contributed by atoms with Gasteiger partial charge in [0.2, 0.25) is 11.8 Å². The van der Waals surface area contributed by atoms with Gasteiger partial charge in [-0.1, -0.05) is 36.2 Å². The van der Waals surface area contributed by atoms with E-state index < -0.39 is 0 Å². The largest absolute Gasteiger partial charge is 0.336 e. The van der Waals surface area contributed by atoms with Gasteiger partial charge >= 0.3 is 0 Å². The standard InChI is InChI=1S/C13H16Cl2N2O2/c1-3-5-12(19)17(2)8-11(18)16-13-9(14)6-4-7-10(13)15/h4,6-7H,3,5,8H2,1-2H3,(H,16,18). The Labute approximate surface area is 122 Å². The zero-order chi connectivity index (χ0) is 14.4. The molecule has 19 heavy (non-hydrogen) atoms. The van der Waals surface area contributed by atoms with Crippen molar-refractivity contribution < 1.29 is 9.59 Å². The van der Waals surface area contributed by atoms with E-state index in [1.165, 1.54) is 4.90 Å². The molecule has 104 valence electrons. The fraction of sp³-hybridized carbons (Fsp3) is 0.385. The molecule has 1 N–H and O–H groups in total. The molecule has 1 rings (SSSR count). The number of para-hydroxylation sites is 1. The number of rotatable bonds is 5. The maximum Gasteiger partial charge on any atom is 0.244 e. The van der Waals surface area contributed by atoms with Crippen molar-refractivity contribution in [3.05, 3.63) is 28.2 Å². The minimum atomic E-state index is -0.332. The number of halogens is 2. The zero-order valence-electron chi connectivity index (χ0n) is 10.9. The minimum Gasteiger partial charge on any atom is -0.336 e. The Morgan fingerprint density at radius 2 is 1.84 bits per heavy atom. The van der Waals surface area contributed by atoms with Crippen molar-refractivity contribution in [3.63, 3.8) is 0 Å². The van der Waals surface area contributed by atoms with Crippen LogP contribution in [0.3, 0.4) is 0 Å². The molecule has 0 fully saturated rings. The minimum absolute atomic E-state index is 0.0274. The molecule has 0 heterocycles. The second kappa shape index (κ2) is 7.36. The predicted molar refractivity (Wildman–Crippen MR) is 77.6 cm³/mol. The Morgan fingerprint density at radius 3 is 2.37 bits per heavy atom. The van der Waals surface area contributed by atoms with Gasteiger partial charge in [-0.3, -0.25) is 9.59 Å². The van der Waals surface area contributed by atoms with Crippen molar-refractivity contribution in [2.75, 3.05) is 18.9 Å². The van der Waals surface area contributed by atoms with Gasteiger partial charge in [-0.2, -0.15) is 0 Å². The van der Waals surface area contributed by atoms with E-state index in [1.54, 1.807) is 25.2 Å². The summed E-state index contributed by atoms with van der Waals surface area (Å²) in [6.45, 7) is 1.88. The van der Waals surface area contributed by atoms with Crippen molar-refractivity contribution in [3.8, 4) is 0 Å². The van der Waals surface area contributed by atoms with E-state index in [0.29, 0.717) is 22.2 Å². The molecule has 0 radical (unpaired) electrons. The van der Waals surface area contributed by atoms with Gasteiger partial charge in [0.1, 0.15) is 0 Å². The van der Waals surface area contributed by atoms with E-state index in [2.05, 4.69) is 5.32 Å². The summed E-state index contributed by atoms with van der Waals surface area (Å²) in [5, 5.41) is 3.34. The van der Waals surface area contributed by atoms with Crippen LogP contribution in [0.2, 0.25) is 10.0 Å². The normalized spacial score (nSPS) is 10.1. The van der Waals surface area contributed by atoms with Crippen LogP contribution in [-0.2, 0) is 9.59 Å². The molecule has 6 heteroatoms. The van der Waals surface area contributed by atoms with Crippen molar-refractivity contribution in [2.45, 2.75) is 19.8 Å². The first-order valence-electron chi connectivity index (χ1n) is 5.93. The lowest BCUT2D eigenvalue weighted by molar-refractivity contribution is -0.133. The Morgan fingerprint density at radius 1 is 1.26 bits per heavy atom. The first kappa shape index (κ1) is 15.8. The predicted octanol–water partition coefficient (Wildman–Crippen LogP) is 3.19. The molecule has 0 unspecified atom stereocenters. The molecule has 0 saturated heterocycles. The number of hydrogen-bond donors (Lipinski definition) is 1. The lowest BCUT2D eigenvalue weighted by Crippen LogP contribution is -2.34. The van der Waals surface area contributed by atoms with Gasteiger partial charge in [-0.25, -0.2) is 0 Å². The van der Waals surface area contributed by atoms with Crippen LogP contribution >= 0.6 is 23.2 Å². The molecule has 4 nitrogen and oxygen atoms in total. The van der Waals surface area contributed by atoms with Gasteiger partial charge in [0.25, 0.3) is 0 Å². The van der Waals surface area contributed by atoms with Gasteiger partial charge in [-0.15, -0.1) is 0 Å². The van der Waals surface area contributed by atoms with E-state index in [-0.39, 0.29) is 18.4 Å². The highest BCUT2D eigenvalue weighted by molar-refractivity contribution is 6.39. The molecule has 0 aliphatic carbocycles. The molecule has 0 bridgehead atoms. The number of carbonyl (C=O) groups excluding carboxylic acids is 2. The fourth-order valence-electron chi connectivity index (χ4n) is 1.50. The summed E-state index contributed by atoms with van der Waals surface area (Å²) in [5.41, 5.74) is 0.368. The van der Waals surface area contributed by atoms with Gasteiger partial charge < -0.3 is 10.2 Å². The third-order valence-electron chi connectivity index (χ3n) is 2.50. The average molecular weight is 303 g/mol. The van der Waals surface area contributed by atoms with Crippen LogP contribution in [0.25, 0.3) is 0 Å². The number of benzene rings is 1. The quantitative estimate of drug-likeness (QED) is 0.908. The number of nitrogens with one attached hydrogen (secondary N) is 1. The summed E-state index contributed by atoms with van der Waals surface area (Å²) in [6.07, 6.45) is 1.18. The number of likely N-dealkylation sites (N-methyl/N-ethyl adjacent to an activating group) is 1. The topological polar surface area (TPSA) is 49.4 Å². The second-order valence-electron chi connectivity index (χ2n) is 4.14. The molecule has 1 aromatic carbocycles. The van der Waals surface area contributed by atoms with Crippen LogP contribution in [0.4, 0.5) is 5.69 Å². The van der Waals surface area contributed by atoms with E-state index in [1.807, 2.05) is 6.92 Å².